The molecule has 108 valence electrons. The average molecular weight is 332 g/mol. The molecule has 7 nitrogen and oxygen atoms in total. The molecule has 0 fully saturated rings. The van der Waals surface area contributed by atoms with Gasteiger partial charge < -0.3 is 5.73 Å². The topological polar surface area (TPSA) is 103 Å². The van der Waals surface area contributed by atoms with E-state index in [4.69, 9.17) is 17.3 Å². The number of rotatable bonds is 3. The van der Waals surface area contributed by atoms with Gasteiger partial charge in [-0.1, -0.05) is 31.2 Å². The van der Waals surface area contributed by atoms with Crippen molar-refractivity contribution >= 4 is 47.0 Å². The van der Waals surface area contributed by atoms with Gasteiger partial charge in [-0.25, -0.2) is 4.98 Å². The van der Waals surface area contributed by atoms with Gasteiger partial charge >= 0.3 is 10.0 Å². The van der Waals surface area contributed by atoms with Gasteiger partial charge in [0.05, 0.1) is 6.34 Å². The van der Waals surface area contributed by atoms with Crippen LogP contribution >= 0.6 is 11.6 Å². The first kappa shape index (κ1) is 14.9. The van der Waals surface area contributed by atoms with Crippen LogP contribution in [0.15, 0.2) is 21.6 Å². The Kier molecular flexibility index (Phi) is 3.61. The van der Waals surface area contributed by atoms with Crippen molar-refractivity contribution in [1.29, 1.82) is 0 Å². The van der Waals surface area contributed by atoms with Crippen LogP contribution in [0.4, 0.5) is 0 Å². The normalized spacial score (nSPS) is 13.4. The molecule has 0 amide bonds. The fraction of sp³-hybridized carbons (Fsp3) is 0.300. The van der Waals surface area contributed by atoms with Crippen LogP contribution in [0.5, 0.6) is 0 Å². The second kappa shape index (κ2) is 4.83. The lowest BCUT2D eigenvalue weighted by atomic mass is 10.6. The Morgan fingerprint density at radius 3 is 2.60 bits per heavy atom. The van der Waals surface area contributed by atoms with Crippen LogP contribution < -0.4 is 11.1 Å². The van der Waals surface area contributed by atoms with Gasteiger partial charge in [0.2, 0.25) is 5.03 Å². The van der Waals surface area contributed by atoms with Crippen molar-refractivity contribution in [2.24, 2.45) is 10.1 Å². The van der Waals surface area contributed by atoms with Gasteiger partial charge in [-0.05, 0) is 12.1 Å². The highest BCUT2D eigenvalue weighted by molar-refractivity contribution is 7.90. The maximum atomic E-state index is 12.0. The maximum Gasteiger partial charge on any atom is 0.304 e. The Labute approximate surface area is 122 Å². The van der Waals surface area contributed by atoms with Gasteiger partial charge in [-0.2, -0.15) is 18.0 Å². The van der Waals surface area contributed by atoms with Gasteiger partial charge in [0.1, 0.15) is 8.07 Å². The van der Waals surface area contributed by atoms with E-state index < -0.39 is 18.1 Å². The summed E-state index contributed by atoms with van der Waals surface area (Å²) in [5.41, 5.74) is 5.41. The molecule has 2 aromatic rings. The average Bonchev–Trinajstić information content (AvgIpc) is 2.62. The number of halogens is 1. The van der Waals surface area contributed by atoms with Crippen molar-refractivity contribution in [3.8, 4) is 0 Å². The molecule has 0 radical (unpaired) electrons. The lowest BCUT2D eigenvalue weighted by Gasteiger charge is -2.14. The van der Waals surface area contributed by atoms with E-state index in [2.05, 4.69) is 34.1 Å². The van der Waals surface area contributed by atoms with E-state index in [1.165, 1.54) is 4.52 Å². The van der Waals surface area contributed by atoms with Gasteiger partial charge in [0.15, 0.2) is 10.8 Å². The minimum Gasteiger partial charge on any atom is -0.389 e. The zero-order valence-corrected chi connectivity index (χ0v) is 13.8. The highest BCUT2D eigenvalue weighted by Crippen LogP contribution is 2.23. The zero-order chi connectivity index (χ0) is 15.1. The third kappa shape index (κ3) is 2.56. The molecular weight excluding hydrogens is 318 g/mol. The van der Waals surface area contributed by atoms with E-state index in [0.717, 1.165) is 5.32 Å². The van der Waals surface area contributed by atoms with E-state index in [-0.39, 0.29) is 10.2 Å². The first-order valence-corrected chi connectivity index (χ1v) is 11.0. The van der Waals surface area contributed by atoms with E-state index >= 15 is 0 Å². The first-order chi connectivity index (χ1) is 9.16. The third-order valence-electron chi connectivity index (χ3n) is 2.61. The zero-order valence-electron chi connectivity index (χ0n) is 11.2. The molecule has 0 spiro atoms. The molecule has 0 aliphatic carbocycles. The van der Waals surface area contributed by atoms with Gasteiger partial charge in [0, 0.05) is 5.32 Å². The van der Waals surface area contributed by atoms with E-state index in [1.54, 1.807) is 6.07 Å². The van der Waals surface area contributed by atoms with Crippen molar-refractivity contribution in [3.05, 3.63) is 17.3 Å². The lowest BCUT2D eigenvalue weighted by Crippen LogP contribution is -2.41. The van der Waals surface area contributed by atoms with Gasteiger partial charge in [-0.15, -0.1) is 4.40 Å². The SMILES string of the molecule is C[Si](C)(C)c1ccc2nc(Cl)c(S(=O)(=O)N=CN)n2n1. The second-order valence-electron chi connectivity index (χ2n) is 5.18. The van der Waals surface area contributed by atoms with E-state index in [0.29, 0.717) is 12.0 Å². The summed E-state index contributed by atoms with van der Waals surface area (Å²) >= 11 is 5.90. The first-order valence-electron chi connectivity index (χ1n) is 5.73. The number of aromatic nitrogens is 3. The number of imidazole rings is 1. The number of hydrogen-bond acceptors (Lipinski definition) is 4. The Balaban J connectivity index is 2.81. The summed E-state index contributed by atoms with van der Waals surface area (Å²) in [5, 5.41) is 4.76. The molecule has 0 aromatic carbocycles. The van der Waals surface area contributed by atoms with Crippen LogP contribution in [0, 0.1) is 0 Å². The quantitative estimate of drug-likeness (QED) is 0.504. The van der Waals surface area contributed by atoms with Crippen molar-refractivity contribution in [2.45, 2.75) is 24.7 Å². The summed E-state index contributed by atoms with van der Waals surface area (Å²) in [6.07, 6.45) is 0.702. The largest absolute Gasteiger partial charge is 0.389 e. The van der Waals surface area contributed by atoms with Gasteiger partial charge in [0.25, 0.3) is 0 Å². The molecule has 2 rings (SSSR count). The standard InChI is InChI=1S/C10H14ClN5O2SSi/c1-20(2,3)8-5-4-7-14-9(11)10(16(7)15-8)19(17,18)13-6-12/h4-6H,1-3H3,(H2,12,13). The van der Waals surface area contributed by atoms with Crippen LogP contribution in [0.1, 0.15) is 0 Å². The maximum absolute atomic E-state index is 12.0. The van der Waals surface area contributed by atoms with Gasteiger partial charge in [-0.3, -0.25) is 0 Å². The molecule has 10 heteroatoms. The number of nitrogens with zero attached hydrogens (tertiary/aromatic N) is 4. The highest BCUT2D eigenvalue weighted by Gasteiger charge is 2.26. The Bertz CT molecular complexity index is 794. The Morgan fingerprint density at radius 2 is 2.05 bits per heavy atom. The smallest absolute Gasteiger partial charge is 0.304 e. The Hall–Kier alpha value is -1.45. The molecule has 0 unspecified atom stereocenters. The van der Waals surface area contributed by atoms with Crippen molar-refractivity contribution in [2.75, 3.05) is 0 Å². The molecule has 0 saturated heterocycles. The van der Waals surface area contributed by atoms with Crippen molar-refractivity contribution < 1.29 is 8.42 Å². The summed E-state index contributed by atoms with van der Waals surface area (Å²) in [6.45, 7) is 6.31. The molecule has 2 aromatic heterocycles. The molecule has 20 heavy (non-hydrogen) atoms. The summed E-state index contributed by atoms with van der Waals surface area (Å²) in [4.78, 5) is 3.97. The number of hydrogen-bond donors (Lipinski definition) is 1. The molecular formula is C10H14ClN5O2SSi. The monoisotopic (exact) mass is 331 g/mol. The molecule has 0 atom stereocenters. The van der Waals surface area contributed by atoms with E-state index in [1.807, 2.05) is 6.07 Å². The fourth-order valence-electron chi connectivity index (χ4n) is 1.63. The fourth-order valence-corrected chi connectivity index (χ4v) is 3.95. The highest BCUT2D eigenvalue weighted by atomic mass is 35.5. The van der Waals surface area contributed by atoms with Crippen molar-refractivity contribution in [3.63, 3.8) is 0 Å². The molecule has 0 aliphatic heterocycles. The minimum atomic E-state index is -4.02. The van der Waals surface area contributed by atoms with Crippen LogP contribution in [0.25, 0.3) is 5.65 Å². The predicted molar refractivity (Wildman–Crippen MR) is 80.8 cm³/mol. The van der Waals surface area contributed by atoms with Crippen molar-refractivity contribution in [1.82, 2.24) is 14.6 Å². The lowest BCUT2D eigenvalue weighted by molar-refractivity contribution is 0.590. The summed E-state index contributed by atoms with van der Waals surface area (Å²) in [5.74, 6) is 0. The third-order valence-corrected chi connectivity index (χ3v) is 6.04. The number of sulfonamides is 1. The second-order valence-corrected chi connectivity index (χ2v) is 12.1. The number of nitrogens with two attached hydrogens (primary N) is 1. The van der Waals surface area contributed by atoms with E-state index in [9.17, 15) is 8.42 Å². The molecule has 0 saturated carbocycles. The van der Waals surface area contributed by atoms with Crippen LogP contribution in [0.3, 0.4) is 0 Å². The predicted octanol–water partition coefficient (Wildman–Crippen LogP) is 0.604. The Morgan fingerprint density at radius 1 is 1.40 bits per heavy atom. The summed E-state index contributed by atoms with van der Waals surface area (Å²) < 4.78 is 28.5. The molecule has 2 N–H and O–H groups in total. The molecule has 0 aliphatic rings. The minimum absolute atomic E-state index is 0.171. The van der Waals surface area contributed by atoms with Crippen LogP contribution in [-0.2, 0) is 10.0 Å². The molecule has 0 bridgehead atoms. The molecule has 2 heterocycles. The summed E-state index contributed by atoms with van der Waals surface area (Å²) in [6, 6.07) is 3.53. The number of fused-ring (bicyclic) bond motifs is 1. The van der Waals surface area contributed by atoms with Crippen LogP contribution in [-0.4, -0.2) is 37.4 Å². The summed E-state index contributed by atoms with van der Waals surface area (Å²) in [7, 11) is -5.72. The van der Waals surface area contributed by atoms with Crippen LogP contribution in [0.2, 0.25) is 24.8 Å².